The lowest BCUT2D eigenvalue weighted by molar-refractivity contribution is -0.161. The second-order valence-electron chi connectivity index (χ2n) is 7.58. The molecule has 2 heterocycles. The van der Waals surface area contributed by atoms with E-state index < -0.39 is 30.3 Å². The molecule has 0 radical (unpaired) electrons. The van der Waals surface area contributed by atoms with Gasteiger partial charge in [-0.3, -0.25) is 4.79 Å². The molecule has 0 saturated carbocycles. The van der Waals surface area contributed by atoms with E-state index in [1.165, 1.54) is 19.2 Å². The fourth-order valence-corrected chi connectivity index (χ4v) is 3.53. The van der Waals surface area contributed by atoms with Gasteiger partial charge in [0.25, 0.3) is 0 Å². The van der Waals surface area contributed by atoms with E-state index in [2.05, 4.69) is 10.1 Å². The lowest BCUT2D eigenvalue weighted by Crippen LogP contribution is -2.37. The number of hydrogen-bond acceptors (Lipinski definition) is 9. The van der Waals surface area contributed by atoms with Crippen molar-refractivity contribution in [3.63, 3.8) is 0 Å². The van der Waals surface area contributed by atoms with E-state index in [4.69, 9.17) is 15.2 Å². The summed E-state index contributed by atoms with van der Waals surface area (Å²) in [5.74, 6) is -1.59. The number of nitrogens with zero attached hydrogens (tertiary/aromatic N) is 2. The molecule has 0 aliphatic carbocycles. The number of carbonyl (C=O) groups is 2. The number of para-hydroxylation sites is 1. The Morgan fingerprint density at radius 3 is 2.83 bits per heavy atom. The molecule has 4 N–H and O–H groups in total. The van der Waals surface area contributed by atoms with Gasteiger partial charge in [0.1, 0.15) is 11.4 Å². The lowest BCUT2D eigenvalue weighted by atomic mass is 9.64. The van der Waals surface area contributed by atoms with Crippen LogP contribution in [0.5, 0.6) is 5.75 Å². The Balaban J connectivity index is 1.84. The first-order valence-corrected chi connectivity index (χ1v) is 10.1. The van der Waals surface area contributed by atoms with Gasteiger partial charge in [0, 0.05) is 17.6 Å². The number of fused-ring (bicyclic) bond motifs is 1. The number of nitrogens with two attached hydrogens (primary N) is 1. The predicted octanol–water partition coefficient (Wildman–Crippen LogP) is 2.06. The summed E-state index contributed by atoms with van der Waals surface area (Å²) >= 11 is 1.12. The molecule has 30 heavy (non-hydrogen) atoms. The molecular formula is C19H22BN3O6S. The Bertz CT molecular complexity index is 1010. The monoisotopic (exact) mass is 431 g/mol. The molecule has 1 aliphatic heterocycles. The van der Waals surface area contributed by atoms with Crippen molar-refractivity contribution >= 4 is 41.1 Å². The molecule has 9 nitrogen and oxygen atoms in total. The Labute approximate surface area is 177 Å². The quantitative estimate of drug-likeness (QED) is 0.343. The third kappa shape index (κ3) is 4.63. The molecule has 0 spiro atoms. The van der Waals surface area contributed by atoms with Crippen LogP contribution in [0.2, 0.25) is 5.82 Å². The molecule has 1 aromatic heterocycles. The van der Waals surface area contributed by atoms with Crippen LogP contribution in [0, 0.1) is 6.92 Å². The molecule has 0 bridgehead atoms. The van der Waals surface area contributed by atoms with Gasteiger partial charge < -0.3 is 25.4 Å². The highest BCUT2D eigenvalue weighted by Crippen LogP contribution is 2.36. The van der Waals surface area contributed by atoms with Crippen LogP contribution in [0.15, 0.2) is 28.7 Å². The summed E-state index contributed by atoms with van der Waals surface area (Å²) in [5, 5.41) is 25.2. The van der Waals surface area contributed by atoms with Gasteiger partial charge in [-0.15, -0.1) is 11.3 Å². The van der Waals surface area contributed by atoms with Gasteiger partial charge in [-0.2, -0.15) is 0 Å². The third-order valence-corrected chi connectivity index (χ3v) is 5.45. The van der Waals surface area contributed by atoms with Crippen molar-refractivity contribution in [2.75, 3.05) is 5.73 Å². The number of carbonyl (C=O) groups excluding carboxylic acids is 1. The zero-order chi connectivity index (χ0) is 22.1. The number of nitrogen functional groups attached to an aromatic ring is 1. The van der Waals surface area contributed by atoms with Gasteiger partial charge in [-0.05, 0) is 38.3 Å². The third-order valence-electron chi connectivity index (χ3n) is 4.77. The number of rotatable bonds is 7. The molecular weight excluding hydrogens is 409 g/mol. The van der Waals surface area contributed by atoms with Gasteiger partial charge in [-0.1, -0.05) is 23.4 Å². The smallest absolute Gasteiger partial charge is 0.526 e. The maximum atomic E-state index is 13.0. The van der Waals surface area contributed by atoms with E-state index in [1.54, 1.807) is 0 Å². The fraction of sp³-hybridized carbons (Fsp3) is 0.368. The van der Waals surface area contributed by atoms with Crippen LogP contribution in [0.25, 0.3) is 0 Å². The number of aromatic nitrogens is 1. The summed E-state index contributed by atoms with van der Waals surface area (Å²) in [5.41, 5.74) is 5.86. The highest BCUT2D eigenvalue weighted by Gasteiger charge is 2.38. The zero-order valence-electron chi connectivity index (χ0n) is 16.8. The summed E-state index contributed by atoms with van der Waals surface area (Å²) in [4.78, 5) is 33.5. The number of aliphatic carboxylic acids is 1. The van der Waals surface area contributed by atoms with Gasteiger partial charge in [0.15, 0.2) is 16.6 Å². The van der Waals surface area contributed by atoms with Crippen molar-refractivity contribution < 1.29 is 29.2 Å². The van der Waals surface area contributed by atoms with Crippen molar-refractivity contribution in [1.29, 1.82) is 0 Å². The standard InChI is InChI=1S/C19H22BN3O6S/c1-10-5-4-6-11-7-12(20(27)28-16(10)11)8-14(24)15(13-9-30-18(21)22-13)23-29-19(2,3)17(25)26/h4-6,9,12,27H,7-8H2,1-3H3,(H2,21,22)(H,25,26)/b23-15-/t12-/m1/s1. The highest BCUT2D eigenvalue weighted by molar-refractivity contribution is 7.13. The number of Topliss-reactive ketones (excluding diaryl/α,β-unsaturated/α-hetero) is 1. The maximum Gasteiger partial charge on any atom is 0.526 e. The van der Waals surface area contributed by atoms with E-state index in [-0.39, 0.29) is 23.0 Å². The van der Waals surface area contributed by atoms with E-state index in [0.717, 1.165) is 22.5 Å². The molecule has 1 atom stereocenters. The maximum absolute atomic E-state index is 13.0. The first-order chi connectivity index (χ1) is 14.1. The Hall–Kier alpha value is -2.92. The highest BCUT2D eigenvalue weighted by atomic mass is 32.1. The first-order valence-electron chi connectivity index (χ1n) is 9.26. The van der Waals surface area contributed by atoms with E-state index in [1.807, 2.05) is 25.1 Å². The Morgan fingerprint density at radius 2 is 2.20 bits per heavy atom. The first kappa shape index (κ1) is 21.8. The summed E-state index contributed by atoms with van der Waals surface area (Å²) in [6.07, 6.45) is 0.347. The van der Waals surface area contributed by atoms with Crippen molar-refractivity contribution in [2.24, 2.45) is 5.16 Å². The molecule has 0 saturated heterocycles. The number of aryl methyl sites for hydroxylation is 1. The fourth-order valence-electron chi connectivity index (χ4n) is 2.99. The number of ketones is 1. The second-order valence-corrected chi connectivity index (χ2v) is 8.47. The minimum absolute atomic E-state index is 0.0956. The second kappa shape index (κ2) is 8.45. The van der Waals surface area contributed by atoms with Crippen LogP contribution < -0.4 is 10.4 Å². The minimum atomic E-state index is -1.64. The van der Waals surface area contributed by atoms with E-state index in [0.29, 0.717) is 12.2 Å². The molecule has 158 valence electrons. The Morgan fingerprint density at radius 1 is 1.47 bits per heavy atom. The van der Waals surface area contributed by atoms with Gasteiger partial charge in [-0.25, -0.2) is 9.78 Å². The van der Waals surface area contributed by atoms with E-state index in [9.17, 15) is 19.7 Å². The number of carboxylic acids is 1. The van der Waals surface area contributed by atoms with Crippen molar-refractivity contribution in [1.82, 2.24) is 4.98 Å². The van der Waals surface area contributed by atoms with Crippen LogP contribution in [0.3, 0.4) is 0 Å². The van der Waals surface area contributed by atoms with Crippen LogP contribution in [0.4, 0.5) is 5.13 Å². The number of thiazole rings is 1. The number of carboxylic acid groups (broad SMARTS) is 1. The summed E-state index contributed by atoms with van der Waals surface area (Å²) in [6, 6.07) is 5.66. The SMILES string of the molecule is Cc1cccc2c1OB(O)[C@@H](CC(=O)/C(=N\OC(C)(C)C(=O)O)c1csc(N)n1)C2. The molecule has 1 aliphatic rings. The van der Waals surface area contributed by atoms with E-state index >= 15 is 0 Å². The largest absolute Gasteiger partial charge is 0.536 e. The summed E-state index contributed by atoms with van der Waals surface area (Å²) < 4.78 is 5.63. The van der Waals surface area contributed by atoms with Crippen LogP contribution in [-0.4, -0.2) is 45.3 Å². The average Bonchev–Trinajstić information content (AvgIpc) is 3.09. The van der Waals surface area contributed by atoms with Crippen LogP contribution in [-0.2, 0) is 20.8 Å². The van der Waals surface area contributed by atoms with Crippen LogP contribution >= 0.6 is 11.3 Å². The zero-order valence-corrected chi connectivity index (χ0v) is 17.6. The van der Waals surface area contributed by atoms with Crippen molar-refractivity contribution in [3.8, 4) is 5.75 Å². The normalized spacial score (nSPS) is 16.6. The van der Waals surface area contributed by atoms with Gasteiger partial charge in [0.2, 0.25) is 5.60 Å². The van der Waals surface area contributed by atoms with Crippen molar-refractivity contribution in [2.45, 2.75) is 45.0 Å². The number of hydrogen-bond donors (Lipinski definition) is 3. The summed E-state index contributed by atoms with van der Waals surface area (Å²) in [6.45, 7) is 4.51. The van der Waals surface area contributed by atoms with Gasteiger partial charge >= 0.3 is 13.1 Å². The molecule has 0 fully saturated rings. The summed E-state index contributed by atoms with van der Waals surface area (Å²) in [7, 11) is -1.17. The number of benzene rings is 1. The molecule has 2 aromatic rings. The number of anilines is 1. The van der Waals surface area contributed by atoms with Gasteiger partial charge in [0.05, 0.1) is 0 Å². The molecule has 11 heteroatoms. The Kier molecular flexibility index (Phi) is 6.13. The molecule has 0 amide bonds. The molecule has 1 aromatic carbocycles. The average molecular weight is 431 g/mol. The lowest BCUT2D eigenvalue weighted by Gasteiger charge is -2.28. The topological polar surface area (TPSA) is 144 Å². The molecule has 3 rings (SSSR count). The number of oxime groups is 1. The minimum Gasteiger partial charge on any atom is -0.536 e. The predicted molar refractivity (Wildman–Crippen MR) is 113 cm³/mol. The van der Waals surface area contributed by atoms with Crippen molar-refractivity contribution in [3.05, 3.63) is 40.4 Å². The molecule has 0 unspecified atom stereocenters. The van der Waals surface area contributed by atoms with Crippen LogP contribution in [0.1, 0.15) is 37.1 Å².